The van der Waals surface area contributed by atoms with Crippen molar-refractivity contribution in [1.29, 1.82) is 0 Å². The molecule has 2 saturated heterocycles. The monoisotopic (exact) mass is 415 g/mol. The summed E-state index contributed by atoms with van der Waals surface area (Å²) in [4.78, 5) is 43.3. The van der Waals surface area contributed by atoms with Gasteiger partial charge in [0.15, 0.2) is 0 Å². The summed E-state index contributed by atoms with van der Waals surface area (Å²) in [6.07, 6.45) is 5.95. The summed E-state index contributed by atoms with van der Waals surface area (Å²) in [7, 11) is 0. The molecule has 31 heavy (non-hydrogen) atoms. The smallest absolute Gasteiger partial charge is 0.318 e. The highest BCUT2D eigenvalue weighted by molar-refractivity contribution is 6.46. The Balaban J connectivity index is 1.57. The molecular weight excluding hydrogens is 390 g/mol. The molecule has 1 saturated carbocycles. The average molecular weight is 415 g/mol. The lowest BCUT2D eigenvalue weighted by atomic mass is 9.70. The number of amides is 3. The van der Waals surface area contributed by atoms with Gasteiger partial charge in [-0.3, -0.25) is 19.3 Å². The second-order valence-electron chi connectivity index (χ2n) is 9.29. The average Bonchev–Trinajstić information content (AvgIpc) is 3.31. The number of carbonyl (C=O) groups excluding carboxylic acids is 3. The third-order valence-electron chi connectivity index (χ3n) is 7.76. The molecule has 1 spiro atoms. The highest BCUT2D eigenvalue weighted by Crippen LogP contribution is 2.59. The van der Waals surface area contributed by atoms with E-state index in [0.717, 1.165) is 36.8 Å². The van der Waals surface area contributed by atoms with E-state index in [2.05, 4.69) is 17.4 Å². The largest absolute Gasteiger partial charge is 0.335 e. The predicted molar refractivity (Wildman–Crippen MR) is 115 cm³/mol. The molecule has 6 heteroatoms. The quantitative estimate of drug-likeness (QED) is 0.784. The van der Waals surface area contributed by atoms with E-state index in [4.69, 9.17) is 0 Å². The van der Waals surface area contributed by atoms with Crippen molar-refractivity contribution < 1.29 is 14.4 Å². The normalized spacial score (nSPS) is 29.7. The summed E-state index contributed by atoms with van der Waals surface area (Å²) in [5.41, 5.74) is 0.641. The van der Waals surface area contributed by atoms with Crippen LogP contribution in [0.1, 0.15) is 43.2 Å². The first-order valence-corrected chi connectivity index (χ1v) is 11.2. The third-order valence-corrected chi connectivity index (χ3v) is 7.76. The zero-order chi connectivity index (χ0) is 21.2. The lowest BCUT2D eigenvalue weighted by Gasteiger charge is -2.37. The van der Waals surface area contributed by atoms with Crippen LogP contribution in [-0.2, 0) is 26.2 Å². The fourth-order valence-corrected chi connectivity index (χ4v) is 6.45. The second-order valence-corrected chi connectivity index (χ2v) is 9.29. The van der Waals surface area contributed by atoms with Crippen LogP contribution in [0.4, 0.5) is 5.69 Å². The first-order valence-electron chi connectivity index (χ1n) is 11.2. The van der Waals surface area contributed by atoms with Crippen LogP contribution in [0, 0.1) is 0 Å². The molecule has 0 aromatic heterocycles. The van der Waals surface area contributed by atoms with Crippen molar-refractivity contribution in [2.24, 2.45) is 0 Å². The Hall–Kier alpha value is -3.15. The Bertz CT molecular complexity index is 1090. The topological polar surface area (TPSA) is 69.7 Å². The van der Waals surface area contributed by atoms with Gasteiger partial charge >= 0.3 is 11.8 Å². The molecule has 3 fully saturated rings. The van der Waals surface area contributed by atoms with E-state index in [-0.39, 0.29) is 11.9 Å². The Morgan fingerprint density at radius 1 is 0.903 bits per heavy atom. The maximum absolute atomic E-state index is 14.2. The molecule has 1 aliphatic carbocycles. The van der Waals surface area contributed by atoms with E-state index in [0.29, 0.717) is 18.7 Å². The van der Waals surface area contributed by atoms with Crippen molar-refractivity contribution in [3.63, 3.8) is 0 Å². The standard InChI is InChI=1S/C25H25N3O3/c29-21-22(30)28-20-14-8-7-13-19(20)24(15-17-9-3-1-4-10-17)16-27(18-11-5-2-6-12-18)23(31)25(24,28)26-21/h1,3-4,7-10,13-14,18H,2,5-6,11-12,15-16H2,(H,26,29)/t24-,25-/m1/s1. The van der Waals surface area contributed by atoms with Crippen LogP contribution in [0.2, 0.25) is 0 Å². The van der Waals surface area contributed by atoms with E-state index in [1.807, 2.05) is 47.4 Å². The zero-order valence-electron chi connectivity index (χ0n) is 17.3. The molecule has 3 aliphatic heterocycles. The lowest BCUT2D eigenvalue weighted by molar-refractivity contribution is -0.137. The molecule has 4 aliphatic rings. The van der Waals surface area contributed by atoms with Crippen LogP contribution in [0.15, 0.2) is 54.6 Å². The number of nitrogens with one attached hydrogen (secondary N) is 1. The molecule has 2 aromatic rings. The minimum Gasteiger partial charge on any atom is -0.335 e. The summed E-state index contributed by atoms with van der Waals surface area (Å²) in [6, 6.07) is 17.9. The van der Waals surface area contributed by atoms with E-state index in [9.17, 15) is 14.4 Å². The third kappa shape index (κ3) is 2.25. The lowest BCUT2D eigenvalue weighted by Crippen LogP contribution is -2.65. The number of nitrogens with zero attached hydrogens (tertiary/aromatic N) is 2. The molecule has 1 N–H and O–H groups in total. The van der Waals surface area contributed by atoms with Crippen LogP contribution in [0.25, 0.3) is 0 Å². The van der Waals surface area contributed by atoms with Crippen LogP contribution in [-0.4, -0.2) is 40.9 Å². The molecule has 6 rings (SSSR count). The SMILES string of the molecule is O=C1N[C@@]23C(=O)N(C4CCCCC4)C[C@]2(Cc2ccccc2)c2ccccc2N3C1=O. The van der Waals surface area contributed by atoms with E-state index < -0.39 is 22.9 Å². The van der Waals surface area contributed by atoms with Gasteiger partial charge in [0.1, 0.15) is 0 Å². The van der Waals surface area contributed by atoms with Crippen molar-refractivity contribution in [2.45, 2.75) is 55.6 Å². The van der Waals surface area contributed by atoms with E-state index in [1.54, 1.807) is 0 Å². The molecule has 2 aromatic carbocycles. The van der Waals surface area contributed by atoms with Gasteiger partial charge in [-0.2, -0.15) is 0 Å². The van der Waals surface area contributed by atoms with Gasteiger partial charge in [0.2, 0.25) is 5.66 Å². The molecule has 0 unspecified atom stereocenters. The summed E-state index contributed by atoms with van der Waals surface area (Å²) >= 11 is 0. The number of fused-ring (bicyclic) bond motifs is 3. The van der Waals surface area contributed by atoms with Crippen molar-refractivity contribution in [1.82, 2.24) is 10.2 Å². The summed E-state index contributed by atoms with van der Waals surface area (Å²) in [6.45, 7) is 0.506. The first-order chi connectivity index (χ1) is 15.1. The number of benzene rings is 2. The second kappa shape index (κ2) is 6.42. The van der Waals surface area contributed by atoms with Crippen molar-refractivity contribution >= 4 is 23.4 Å². The number of hydrogen-bond acceptors (Lipinski definition) is 3. The van der Waals surface area contributed by atoms with E-state index in [1.165, 1.54) is 11.3 Å². The zero-order valence-corrected chi connectivity index (χ0v) is 17.3. The maximum Gasteiger partial charge on any atom is 0.318 e. The first kappa shape index (κ1) is 18.6. The minimum absolute atomic E-state index is 0.134. The van der Waals surface area contributed by atoms with Gasteiger partial charge in [0, 0.05) is 12.6 Å². The van der Waals surface area contributed by atoms with Gasteiger partial charge < -0.3 is 10.2 Å². The van der Waals surface area contributed by atoms with Crippen LogP contribution in [0.3, 0.4) is 0 Å². The van der Waals surface area contributed by atoms with Crippen molar-refractivity contribution in [3.8, 4) is 0 Å². The maximum atomic E-state index is 14.2. The fraction of sp³-hybridized carbons (Fsp3) is 0.400. The molecule has 3 amide bonds. The van der Waals surface area contributed by atoms with Gasteiger partial charge in [-0.15, -0.1) is 0 Å². The molecule has 0 bridgehead atoms. The number of carbonyl (C=O) groups is 3. The highest BCUT2D eigenvalue weighted by atomic mass is 16.2. The Morgan fingerprint density at radius 2 is 1.61 bits per heavy atom. The molecule has 2 atom stereocenters. The van der Waals surface area contributed by atoms with Crippen molar-refractivity contribution in [3.05, 3.63) is 65.7 Å². The summed E-state index contributed by atoms with van der Waals surface area (Å²) in [5, 5.41) is 2.91. The van der Waals surface area contributed by atoms with Gasteiger partial charge in [-0.25, -0.2) is 0 Å². The van der Waals surface area contributed by atoms with Gasteiger partial charge in [-0.05, 0) is 36.5 Å². The Kier molecular flexibility index (Phi) is 3.86. The summed E-state index contributed by atoms with van der Waals surface area (Å²) < 4.78 is 0. The number of para-hydroxylation sites is 1. The number of likely N-dealkylation sites (tertiary alicyclic amines) is 1. The van der Waals surface area contributed by atoms with E-state index >= 15 is 0 Å². The Labute approximate surface area is 181 Å². The molecule has 158 valence electrons. The Morgan fingerprint density at radius 3 is 2.39 bits per heavy atom. The van der Waals surface area contributed by atoms with Gasteiger partial charge in [-0.1, -0.05) is 67.8 Å². The fourth-order valence-electron chi connectivity index (χ4n) is 6.45. The summed E-state index contributed by atoms with van der Waals surface area (Å²) in [5.74, 6) is -1.46. The number of anilines is 1. The van der Waals surface area contributed by atoms with Gasteiger partial charge in [0.05, 0.1) is 11.1 Å². The minimum atomic E-state index is -1.38. The molecular formula is C25H25N3O3. The molecule has 6 nitrogen and oxygen atoms in total. The number of rotatable bonds is 3. The van der Waals surface area contributed by atoms with Crippen LogP contribution >= 0.6 is 0 Å². The molecule has 0 radical (unpaired) electrons. The van der Waals surface area contributed by atoms with Crippen molar-refractivity contribution in [2.75, 3.05) is 11.4 Å². The molecule has 3 heterocycles. The predicted octanol–water partition coefficient (Wildman–Crippen LogP) is 2.51. The highest BCUT2D eigenvalue weighted by Gasteiger charge is 2.77. The van der Waals surface area contributed by atoms with Gasteiger partial charge in [0.25, 0.3) is 5.91 Å². The van der Waals surface area contributed by atoms with Crippen LogP contribution < -0.4 is 10.2 Å². The van der Waals surface area contributed by atoms with Crippen LogP contribution in [0.5, 0.6) is 0 Å². The number of hydrogen-bond donors (Lipinski definition) is 1.